The Morgan fingerprint density at radius 1 is 1.09 bits per heavy atom. The minimum Gasteiger partial charge on any atom is -0.363 e. The summed E-state index contributed by atoms with van der Waals surface area (Å²) in [5.74, 6) is 1.61. The molecule has 0 unspecified atom stereocenters. The minimum atomic E-state index is 0.179. The molecule has 0 saturated carbocycles. The molecule has 0 bridgehead atoms. The van der Waals surface area contributed by atoms with Crippen LogP contribution >= 0.6 is 0 Å². The topological polar surface area (TPSA) is 55.1 Å². The summed E-state index contributed by atoms with van der Waals surface area (Å²) < 4.78 is 1.93. The first kappa shape index (κ1) is 14.5. The summed E-state index contributed by atoms with van der Waals surface area (Å²) in [7, 11) is 0. The number of aryl methyl sites for hydroxylation is 1. The molecule has 0 atom stereocenters. The van der Waals surface area contributed by atoms with E-state index in [2.05, 4.69) is 65.5 Å². The summed E-state index contributed by atoms with van der Waals surface area (Å²) in [5.41, 5.74) is 3.49. The van der Waals surface area contributed by atoms with Crippen LogP contribution in [0.4, 0.5) is 5.82 Å². The third kappa shape index (κ3) is 2.79. The number of anilines is 1. The number of hydrogen-bond donors (Lipinski definition) is 1. The Balaban J connectivity index is 1.77. The maximum Gasteiger partial charge on any atom is 0.203 e. The highest BCUT2D eigenvalue weighted by molar-refractivity contribution is 5.62. The van der Waals surface area contributed by atoms with Crippen LogP contribution in [0.15, 0.2) is 36.7 Å². The molecule has 5 heteroatoms. The number of benzene rings is 1. The molecule has 0 aliphatic rings. The fourth-order valence-corrected chi connectivity index (χ4v) is 2.37. The third-order valence-electron chi connectivity index (χ3n) is 3.78. The van der Waals surface area contributed by atoms with Crippen molar-refractivity contribution in [1.29, 1.82) is 0 Å². The Hall–Kier alpha value is -2.43. The van der Waals surface area contributed by atoms with Crippen LogP contribution in [0.3, 0.4) is 0 Å². The molecule has 0 spiro atoms. The number of fused-ring (bicyclic) bond motifs is 1. The van der Waals surface area contributed by atoms with Gasteiger partial charge in [0.05, 0.1) is 0 Å². The quantitative estimate of drug-likeness (QED) is 0.805. The van der Waals surface area contributed by atoms with Crippen molar-refractivity contribution in [2.75, 3.05) is 5.32 Å². The number of aromatic nitrogens is 4. The first-order valence-corrected chi connectivity index (χ1v) is 7.45. The minimum absolute atomic E-state index is 0.179. The van der Waals surface area contributed by atoms with E-state index in [0.717, 1.165) is 17.3 Å². The molecule has 5 nitrogen and oxygen atoms in total. The van der Waals surface area contributed by atoms with Gasteiger partial charge in [0.1, 0.15) is 5.82 Å². The highest BCUT2D eigenvalue weighted by Crippen LogP contribution is 2.22. The summed E-state index contributed by atoms with van der Waals surface area (Å²) in [6.45, 7) is 9.30. The van der Waals surface area contributed by atoms with E-state index in [9.17, 15) is 0 Å². The van der Waals surface area contributed by atoms with E-state index in [0.29, 0.717) is 6.54 Å². The second-order valence-corrected chi connectivity index (χ2v) is 6.52. The standard InChI is InChI=1S/C17H21N5/c1-12-20-21-16-15(18-9-10-22(12)16)19-11-13-5-7-14(8-6-13)17(2,3)4/h5-10H,11H2,1-4H3,(H,18,19). The van der Waals surface area contributed by atoms with Crippen molar-refractivity contribution in [3.8, 4) is 0 Å². The fourth-order valence-electron chi connectivity index (χ4n) is 2.37. The van der Waals surface area contributed by atoms with Crippen LogP contribution in [-0.2, 0) is 12.0 Å². The van der Waals surface area contributed by atoms with Gasteiger partial charge in [0, 0.05) is 18.9 Å². The third-order valence-corrected chi connectivity index (χ3v) is 3.78. The maximum absolute atomic E-state index is 4.36. The molecule has 3 rings (SSSR count). The Bertz CT molecular complexity index is 781. The molecule has 0 aliphatic carbocycles. The van der Waals surface area contributed by atoms with E-state index in [1.165, 1.54) is 11.1 Å². The summed E-state index contributed by atoms with van der Waals surface area (Å²) in [4.78, 5) is 4.36. The molecule has 2 aromatic heterocycles. The van der Waals surface area contributed by atoms with Crippen molar-refractivity contribution in [3.05, 3.63) is 53.6 Å². The van der Waals surface area contributed by atoms with Crippen LogP contribution in [-0.4, -0.2) is 19.6 Å². The fraction of sp³-hybridized carbons (Fsp3) is 0.353. The molecule has 3 aromatic rings. The zero-order valence-corrected chi connectivity index (χ0v) is 13.5. The average Bonchev–Trinajstić information content (AvgIpc) is 2.87. The highest BCUT2D eigenvalue weighted by atomic mass is 15.3. The van der Waals surface area contributed by atoms with Gasteiger partial charge in [-0.2, -0.15) is 0 Å². The van der Waals surface area contributed by atoms with Crippen molar-refractivity contribution < 1.29 is 0 Å². The molecule has 22 heavy (non-hydrogen) atoms. The molecule has 0 aliphatic heterocycles. The van der Waals surface area contributed by atoms with Crippen LogP contribution in [0.25, 0.3) is 5.65 Å². The molecule has 0 saturated heterocycles. The average molecular weight is 295 g/mol. The molecule has 1 aromatic carbocycles. The lowest BCUT2D eigenvalue weighted by Gasteiger charge is -2.19. The molecular formula is C17H21N5. The van der Waals surface area contributed by atoms with Gasteiger partial charge in [-0.3, -0.25) is 4.40 Å². The van der Waals surface area contributed by atoms with E-state index < -0.39 is 0 Å². The number of nitrogens with zero attached hydrogens (tertiary/aromatic N) is 4. The summed E-state index contributed by atoms with van der Waals surface area (Å²) in [6.07, 6.45) is 3.63. The van der Waals surface area contributed by atoms with Crippen LogP contribution in [0, 0.1) is 6.92 Å². The predicted octanol–water partition coefficient (Wildman–Crippen LogP) is 3.34. The molecule has 0 radical (unpaired) electrons. The van der Waals surface area contributed by atoms with E-state index in [1.807, 2.05) is 17.5 Å². The Morgan fingerprint density at radius 2 is 1.82 bits per heavy atom. The molecule has 0 amide bonds. The largest absolute Gasteiger partial charge is 0.363 e. The maximum atomic E-state index is 4.36. The van der Waals surface area contributed by atoms with Crippen molar-refractivity contribution in [1.82, 2.24) is 19.6 Å². The number of rotatable bonds is 3. The monoisotopic (exact) mass is 295 g/mol. The van der Waals surface area contributed by atoms with Crippen molar-refractivity contribution >= 4 is 11.5 Å². The lowest BCUT2D eigenvalue weighted by Crippen LogP contribution is -2.11. The van der Waals surface area contributed by atoms with E-state index in [4.69, 9.17) is 0 Å². The zero-order chi connectivity index (χ0) is 15.7. The normalized spacial score (nSPS) is 11.8. The molecule has 2 heterocycles. The van der Waals surface area contributed by atoms with E-state index in [-0.39, 0.29) is 5.41 Å². The zero-order valence-electron chi connectivity index (χ0n) is 13.5. The van der Waals surface area contributed by atoms with Gasteiger partial charge in [-0.05, 0) is 23.5 Å². The Kier molecular flexibility index (Phi) is 3.56. The van der Waals surface area contributed by atoms with Gasteiger partial charge in [0.15, 0.2) is 5.82 Å². The van der Waals surface area contributed by atoms with Gasteiger partial charge in [-0.15, -0.1) is 10.2 Å². The van der Waals surface area contributed by atoms with Gasteiger partial charge >= 0.3 is 0 Å². The predicted molar refractivity (Wildman–Crippen MR) is 88.0 cm³/mol. The second-order valence-electron chi connectivity index (χ2n) is 6.52. The van der Waals surface area contributed by atoms with Crippen molar-refractivity contribution in [2.24, 2.45) is 0 Å². The van der Waals surface area contributed by atoms with Gasteiger partial charge in [0.25, 0.3) is 0 Å². The van der Waals surface area contributed by atoms with Gasteiger partial charge < -0.3 is 5.32 Å². The van der Waals surface area contributed by atoms with Crippen molar-refractivity contribution in [2.45, 2.75) is 39.7 Å². The van der Waals surface area contributed by atoms with Crippen LogP contribution in [0.1, 0.15) is 37.7 Å². The Labute approximate surface area is 130 Å². The number of hydrogen-bond acceptors (Lipinski definition) is 4. The Morgan fingerprint density at radius 3 is 2.50 bits per heavy atom. The summed E-state index contributed by atoms with van der Waals surface area (Å²) in [5, 5.41) is 11.6. The summed E-state index contributed by atoms with van der Waals surface area (Å²) >= 11 is 0. The number of nitrogens with one attached hydrogen (secondary N) is 1. The van der Waals surface area contributed by atoms with E-state index >= 15 is 0 Å². The lowest BCUT2D eigenvalue weighted by molar-refractivity contribution is 0.590. The van der Waals surface area contributed by atoms with Crippen molar-refractivity contribution in [3.63, 3.8) is 0 Å². The highest BCUT2D eigenvalue weighted by Gasteiger charge is 2.13. The van der Waals surface area contributed by atoms with Crippen LogP contribution < -0.4 is 5.32 Å². The lowest BCUT2D eigenvalue weighted by atomic mass is 9.87. The van der Waals surface area contributed by atoms with Crippen LogP contribution in [0.5, 0.6) is 0 Å². The molecular weight excluding hydrogens is 274 g/mol. The van der Waals surface area contributed by atoms with E-state index in [1.54, 1.807) is 6.20 Å². The smallest absolute Gasteiger partial charge is 0.203 e. The SMILES string of the molecule is Cc1nnc2c(NCc3ccc(C(C)(C)C)cc3)nccn12. The molecule has 1 N–H and O–H groups in total. The summed E-state index contributed by atoms with van der Waals surface area (Å²) in [6, 6.07) is 8.68. The van der Waals surface area contributed by atoms with Gasteiger partial charge in [-0.1, -0.05) is 45.0 Å². The molecule has 114 valence electrons. The second kappa shape index (κ2) is 5.40. The van der Waals surface area contributed by atoms with Gasteiger partial charge in [-0.25, -0.2) is 4.98 Å². The van der Waals surface area contributed by atoms with Gasteiger partial charge in [0.2, 0.25) is 5.65 Å². The molecule has 0 fully saturated rings. The first-order chi connectivity index (χ1) is 10.4. The van der Waals surface area contributed by atoms with Crippen LogP contribution in [0.2, 0.25) is 0 Å². The first-order valence-electron chi connectivity index (χ1n) is 7.45.